The number of likely N-dealkylation sites (N-methyl/N-ethyl adjacent to an activating group) is 1. The minimum atomic E-state index is -0.511. The Morgan fingerprint density at radius 2 is 2.06 bits per heavy atom. The Labute approximate surface area is 105 Å². The molecule has 0 saturated carbocycles. The summed E-state index contributed by atoms with van der Waals surface area (Å²) < 4.78 is 0. The number of amides is 3. The zero-order chi connectivity index (χ0) is 13.1. The predicted octanol–water partition coefficient (Wildman–Crippen LogP) is 0.945. The van der Waals surface area contributed by atoms with Crippen molar-refractivity contribution >= 4 is 23.6 Å². The van der Waals surface area contributed by atoms with E-state index in [2.05, 4.69) is 15.6 Å². The number of anilines is 1. The molecule has 2 rings (SSSR count). The van der Waals surface area contributed by atoms with Gasteiger partial charge in [0.15, 0.2) is 0 Å². The summed E-state index contributed by atoms with van der Waals surface area (Å²) in [5, 5.41) is 5.13. The van der Waals surface area contributed by atoms with Crippen LogP contribution < -0.4 is 10.6 Å². The standard InChI is InChI=1S/C12H14N4O2/c1-8-3-5-9(6-4-8)13-12(18)15-11-14-10(17)7-16(11)2/h3-6H,7H2,1-2H3,(H2,13,14,15,17,18). The van der Waals surface area contributed by atoms with Crippen LogP contribution in [0.25, 0.3) is 0 Å². The van der Waals surface area contributed by atoms with E-state index in [4.69, 9.17) is 0 Å². The fourth-order valence-corrected chi connectivity index (χ4v) is 1.55. The van der Waals surface area contributed by atoms with Crippen LogP contribution in [0.15, 0.2) is 29.3 Å². The third kappa shape index (κ3) is 2.85. The van der Waals surface area contributed by atoms with Crippen molar-refractivity contribution in [2.45, 2.75) is 6.92 Å². The summed E-state index contributed by atoms with van der Waals surface area (Å²) >= 11 is 0. The van der Waals surface area contributed by atoms with Crippen molar-refractivity contribution in [3.63, 3.8) is 0 Å². The molecule has 18 heavy (non-hydrogen) atoms. The third-order valence-corrected chi connectivity index (χ3v) is 2.50. The molecule has 1 aromatic rings. The van der Waals surface area contributed by atoms with E-state index in [1.54, 1.807) is 24.1 Å². The molecule has 0 bridgehead atoms. The maximum atomic E-state index is 11.6. The highest BCUT2D eigenvalue weighted by molar-refractivity contribution is 6.09. The van der Waals surface area contributed by atoms with E-state index in [-0.39, 0.29) is 18.4 Å². The Morgan fingerprint density at radius 3 is 2.61 bits per heavy atom. The number of urea groups is 1. The second-order valence-electron chi connectivity index (χ2n) is 4.14. The largest absolute Gasteiger partial charge is 0.348 e. The van der Waals surface area contributed by atoms with Gasteiger partial charge in [-0.25, -0.2) is 4.79 Å². The number of hydrogen-bond donors (Lipinski definition) is 2. The van der Waals surface area contributed by atoms with Crippen LogP contribution >= 0.6 is 0 Å². The molecule has 0 atom stereocenters. The summed E-state index contributed by atoms with van der Waals surface area (Å²) in [6, 6.07) is 6.87. The fraction of sp³-hybridized carbons (Fsp3) is 0.250. The first-order chi connectivity index (χ1) is 8.54. The quantitative estimate of drug-likeness (QED) is 0.774. The van der Waals surface area contributed by atoms with Gasteiger partial charge in [0.2, 0.25) is 11.9 Å². The first-order valence-electron chi connectivity index (χ1n) is 5.52. The van der Waals surface area contributed by atoms with Crippen LogP contribution in [0, 0.1) is 6.92 Å². The van der Waals surface area contributed by atoms with Crippen LogP contribution in [-0.2, 0) is 4.79 Å². The monoisotopic (exact) mass is 246 g/mol. The van der Waals surface area contributed by atoms with Crippen molar-refractivity contribution < 1.29 is 9.59 Å². The summed E-state index contributed by atoms with van der Waals surface area (Å²) in [4.78, 5) is 28.1. The Bertz CT molecular complexity index is 507. The topological polar surface area (TPSA) is 73.8 Å². The average molecular weight is 246 g/mol. The van der Waals surface area contributed by atoms with E-state index in [9.17, 15) is 9.59 Å². The van der Waals surface area contributed by atoms with Gasteiger partial charge in [-0.05, 0) is 19.1 Å². The Balaban J connectivity index is 2.02. The van der Waals surface area contributed by atoms with Gasteiger partial charge in [0, 0.05) is 12.7 Å². The molecule has 0 radical (unpaired) electrons. The minimum Gasteiger partial charge on any atom is -0.336 e. The average Bonchev–Trinajstić information content (AvgIpc) is 2.61. The maximum absolute atomic E-state index is 11.6. The van der Waals surface area contributed by atoms with E-state index < -0.39 is 6.03 Å². The molecular formula is C12H14N4O2. The highest BCUT2D eigenvalue weighted by atomic mass is 16.2. The lowest BCUT2D eigenvalue weighted by Crippen LogP contribution is -2.29. The van der Waals surface area contributed by atoms with Gasteiger partial charge in [-0.1, -0.05) is 17.7 Å². The molecule has 0 spiro atoms. The Kier molecular flexibility index (Phi) is 3.27. The number of aliphatic imine (C=N–C) groups is 1. The van der Waals surface area contributed by atoms with Crippen LogP contribution in [-0.4, -0.2) is 36.4 Å². The van der Waals surface area contributed by atoms with Crippen molar-refractivity contribution in [3.05, 3.63) is 29.8 Å². The number of benzene rings is 1. The van der Waals surface area contributed by atoms with Crippen molar-refractivity contribution in [2.24, 2.45) is 4.99 Å². The van der Waals surface area contributed by atoms with Crippen LogP contribution in [0.2, 0.25) is 0 Å². The number of nitrogens with zero attached hydrogens (tertiary/aromatic N) is 2. The minimum absolute atomic E-state index is 0.167. The molecule has 1 saturated heterocycles. The van der Waals surface area contributed by atoms with Gasteiger partial charge in [0.25, 0.3) is 0 Å². The zero-order valence-electron chi connectivity index (χ0n) is 10.2. The van der Waals surface area contributed by atoms with E-state index >= 15 is 0 Å². The lowest BCUT2D eigenvalue weighted by molar-refractivity contribution is -0.118. The lowest BCUT2D eigenvalue weighted by Gasteiger charge is -2.08. The first kappa shape index (κ1) is 12.1. The van der Waals surface area contributed by atoms with Crippen molar-refractivity contribution in [3.8, 4) is 0 Å². The fourth-order valence-electron chi connectivity index (χ4n) is 1.55. The number of hydrogen-bond acceptors (Lipinski definition) is 2. The summed E-state index contributed by atoms with van der Waals surface area (Å²) in [5.74, 6) is 0.101. The zero-order valence-corrected chi connectivity index (χ0v) is 10.2. The highest BCUT2D eigenvalue weighted by Gasteiger charge is 2.22. The second kappa shape index (κ2) is 4.87. The van der Waals surface area contributed by atoms with Crippen LogP contribution in [0.5, 0.6) is 0 Å². The molecule has 1 aromatic carbocycles. The molecular weight excluding hydrogens is 232 g/mol. The van der Waals surface area contributed by atoms with Gasteiger partial charge in [0.1, 0.15) is 0 Å². The molecule has 2 N–H and O–H groups in total. The van der Waals surface area contributed by atoms with E-state index in [0.717, 1.165) is 5.56 Å². The van der Waals surface area contributed by atoms with Crippen LogP contribution in [0.4, 0.5) is 10.5 Å². The number of nitrogens with one attached hydrogen (secondary N) is 2. The molecule has 6 nitrogen and oxygen atoms in total. The molecule has 3 amide bonds. The predicted molar refractivity (Wildman–Crippen MR) is 68.4 cm³/mol. The smallest absolute Gasteiger partial charge is 0.336 e. The van der Waals surface area contributed by atoms with E-state index in [1.165, 1.54) is 0 Å². The van der Waals surface area contributed by atoms with Crippen molar-refractivity contribution in [2.75, 3.05) is 18.9 Å². The van der Waals surface area contributed by atoms with Gasteiger partial charge in [0.05, 0.1) is 6.54 Å². The van der Waals surface area contributed by atoms with Gasteiger partial charge in [-0.2, -0.15) is 4.99 Å². The number of rotatable bonds is 1. The molecule has 1 heterocycles. The molecule has 0 aromatic heterocycles. The second-order valence-corrected chi connectivity index (χ2v) is 4.14. The van der Waals surface area contributed by atoms with Gasteiger partial charge >= 0.3 is 6.03 Å². The molecule has 94 valence electrons. The SMILES string of the molecule is Cc1ccc(NC(=O)/N=C2/NC(=O)CN2C)cc1. The number of carbonyl (C=O) groups is 2. The molecule has 0 aliphatic carbocycles. The highest BCUT2D eigenvalue weighted by Crippen LogP contribution is 2.09. The van der Waals surface area contributed by atoms with Crippen LogP contribution in [0.1, 0.15) is 5.56 Å². The lowest BCUT2D eigenvalue weighted by atomic mass is 10.2. The molecule has 0 unspecified atom stereocenters. The van der Waals surface area contributed by atoms with Gasteiger partial charge < -0.3 is 10.2 Å². The molecule has 1 aliphatic heterocycles. The number of guanidine groups is 1. The summed E-state index contributed by atoms with van der Waals surface area (Å²) in [7, 11) is 1.69. The van der Waals surface area contributed by atoms with E-state index in [1.807, 2.05) is 19.1 Å². The van der Waals surface area contributed by atoms with Gasteiger partial charge in [-0.15, -0.1) is 0 Å². The number of carbonyl (C=O) groups excluding carboxylic acids is 2. The molecule has 1 fully saturated rings. The van der Waals surface area contributed by atoms with Crippen LogP contribution in [0.3, 0.4) is 0 Å². The Morgan fingerprint density at radius 1 is 1.39 bits per heavy atom. The maximum Gasteiger partial charge on any atom is 0.348 e. The Hall–Kier alpha value is -2.37. The van der Waals surface area contributed by atoms with Crippen molar-refractivity contribution in [1.82, 2.24) is 10.2 Å². The first-order valence-corrected chi connectivity index (χ1v) is 5.52. The third-order valence-electron chi connectivity index (χ3n) is 2.50. The number of aryl methyl sites for hydroxylation is 1. The van der Waals surface area contributed by atoms with Crippen molar-refractivity contribution in [1.29, 1.82) is 0 Å². The summed E-state index contributed by atoms with van der Waals surface area (Å²) in [5.41, 5.74) is 1.78. The molecule has 6 heteroatoms. The summed E-state index contributed by atoms with van der Waals surface area (Å²) in [6.45, 7) is 2.19. The molecule has 1 aliphatic rings. The van der Waals surface area contributed by atoms with Gasteiger partial charge in [-0.3, -0.25) is 10.1 Å². The normalized spacial score (nSPS) is 16.9. The van der Waals surface area contributed by atoms with E-state index in [0.29, 0.717) is 5.69 Å². The summed E-state index contributed by atoms with van der Waals surface area (Å²) in [6.07, 6.45) is 0.